The largest absolute Gasteiger partial charge is 0.350 e. The van der Waals surface area contributed by atoms with Gasteiger partial charge in [0.1, 0.15) is 5.01 Å². The van der Waals surface area contributed by atoms with Gasteiger partial charge in [0.25, 0.3) is 0 Å². The molecule has 2 aromatic rings. The van der Waals surface area contributed by atoms with E-state index in [9.17, 15) is 13.2 Å². The second-order valence-electron chi connectivity index (χ2n) is 6.74. The monoisotopic (exact) mass is 407 g/mol. The first kappa shape index (κ1) is 20.0. The minimum atomic E-state index is -3.25. The van der Waals surface area contributed by atoms with E-state index in [0.29, 0.717) is 19.5 Å². The zero-order chi connectivity index (χ0) is 19.3. The van der Waals surface area contributed by atoms with Gasteiger partial charge in [0.05, 0.1) is 23.9 Å². The number of sulfonamides is 1. The van der Waals surface area contributed by atoms with Crippen molar-refractivity contribution in [2.45, 2.75) is 32.7 Å². The number of benzene rings is 1. The van der Waals surface area contributed by atoms with Gasteiger partial charge in [-0.15, -0.1) is 11.3 Å². The van der Waals surface area contributed by atoms with Crippen molar-refractivity contribution in [1.82, 2.24) is 14.6 Å². The van der Waals surface area contributed by atoms with Crippen molar-refractivity contribution in [3.8, 4) is 10.6 Å². The third-order valence-electron chi connectivity index (χ3n) is 4.63. The predicted octanol–water partition coefficient (Wildman–Crippen LogP) is 2.88. The van der Waals surface area contributed by atoms with Crippen molar-refractivity contribution in [2.24, 2.45) is 5.92 Å². The molecule has 1 N–H and O–H groups in total. The fourth-order valence-electron chi connectivity index (χ4n) is 3.22. The third-order valence-corrected chi connectivity index (χ3v) is 7.61. The van der Waals surface area contributed by atoms with Crippen LogP contribution in [0.4, 0.5) is 0 Å². The first-order valence-corrected chi connectivity index (χ1v) is 11.7. The lowest BCUT2D eigenvalue weighted by Crippen LogP contribution is -2.45. The Morgan fingerprint density at radius 1 is 1.33 bits per heavy atom. The molecule has 1 fully saturated rings. The lowest BCUT2D eigenvalue weighted by atomic mass is 9.99. The smallest absolute Gasteiger partial charge is 0.224 e. The number of hydrogen-bond donors (Lipinski definition) is 1. The molecule has 0 aliphatic carbocycles. The fourth-order valence-corrected chi connectivity index (χ4v) is 5.63. The van der Waals surface area contributed by atoms with Gasteiger partial charge in [-0.05, 0) is 19.3 Å². The van der Waals surface area contributed by atoms with Crippen LogP contribution in [0, 0.1) is 5.92 Å². The summed E-state index contributed by atoms with van der Waals surface area (Å²) in [6.45, 7) is 3.00. The summed E-state index contributed by atoms with van der Waals surface area (Å²) in [5, 5.41) is 5.79. The molecule has 6 nitrogen and oxygen atoms in total. The first-order valence-electron chi connectivity index (χ1n) is 9.25. The van der Waals surface area contributed by atoms with Crippen LogP contribution in [0.25, 0.3) is 10.6 Å². The molecule has 1 atom stereocenters. The van der Waals surface area contributed by atoms with Crippen LogP contribution in [0.1, 0.15) is 31.9 Å². The van der Waals surface area contributed by atoms with E-state index in [1.54, 1.807) is 11.3 Å². The van der Waals surface area contributed by atoms with Crippen molar-refractivity contribution in [3.05, 3.63) is 41.4 Å². The highest BCUT2D eigenvalue weighted by atomic mass is 32.2. The van der Waals surface area contributed by atoms with Crippen LogP contribution in [-0.4, -0.2) is 42.5 Å². The maximum absolute atomic E-state index is 12.5. The number of rotatable bonds is 7. The molecule has 1 aromatic carbocycles. The number of carbonyl (C=O) groups excluding carboxylic acids is 1. The number of carbonyl (C=O) groups is 1. The van der Waals surface area contributed by atoms with Gasteiger partial charge in [-0.25, -0.2) is 17.7 Å². The zero-order valence-electron chi connectivity index (χ0n) is 15.4. The maximum atomic E-state index is 12.5. The van der Waals surface area contributed by atoms with Crippen LogP contribution in [0.5, 0.6) is 0 Å². The molecule has 2 heterocycles. The number of aromatic nitrogens is 1. The normalized spacial score (nSPS) is 18.3. The number of amides is 1. The van der Waals surface area contributed by atoms with Crippen molar-refractivity contribution in [2.75, 3.05) is 18.8 Å². The maximum Gasteiger partial charge on any atom is 0.224 e. The minimum Gasteiger partial charge on any atom is -0.350 e. The van der Waals surface area contributed by atoms with Gasteiger partial charge in [-0.2, -0.15) is 0 Å². The highest BCUT2D eigenvalue weighted by molar-refractivity contribution is 7.89. The third kappa shape index (κ3) is 5.15. The van der Waals surface area contributed by atoms with Crippen LogP contribution in [0.15, 0.2) is 35.7 Å². The molecule has 3 rings (SSSR count). The average molecular weight is 408 g/mol. The first-order chi connectivity index (χ1) is 13.0. The van der Waals surface area contributed by atoms with E-state index in [1.165, 1.54) is 4.31 Å². The van der Waals surface area contributed by atoms with E-state index >= 15 is 0 Å². The Bertz CT molecular complexity index is 865. The van der Waals surface area contributed by atoms with Crippen molar-refractivity contribution in [1.29, 1.82) is 0 Å². The second-order valence-corrected chi connectivity index (χ2v) is 9.69. The molecule has 1 aromatic heterocycles. The second kappa shape index (κ2) is 8.95. The molecular weight excluding hydrogens is 382 g/mol. The van der Waals surface area contributed by atoms with E-state index < -0.39 is 10.0 Å². The van der Waals surface area contributed by atoms with Crippen LogP contribution in [0.2, 0.25) is 0 Å². The summed E-state index contributed by atoms with van der Waals surface area (Å²) in [6, 6.07) is 9.93. The van der Waals surface area contributed by atoms with Gasteiger partial charge < -0.3 is 5.32 Å². The zero-order valence-corrected chi connectivity index (χ0v) is 17.1. The molecule has 0 radical (unpaired) electrons. The molecule has 1 unspecified atom stereocenters. The fraction of sp³-hybridized carbons (Fsp3) is 0.474. The Labute approximate surface area is 164 Å². The number of hydrogen-bond acceptors (Lipinski definition) is 5. The Kier molecular flexibility index (Phi) is 6.62. The molecule has 1 aliphatic heterocycles. The van der Waals surface area contributed by atoms with E-state index in [1.807, 2.05) is 42.6 Å². The lowest BCUT2D eigenvalue weighted by Gasteiger charge is -2.31. The Hall–Kier alpha value is -1.77. The van der Waals surface area contributed by atoms with Crippen molar-refractivity contribution >= 4 is 27.3 Å². The summed E-state index contributed by atoms with van der Waals surface area (Å²) in [6.07, 6.45) is 2.02. The molecule has 146 valence electrons. The van der Waals surface area contributed by atoms with Crippen molar-refractivity contribution < 1.29 is 13.2 Å². The molecule has 8 heteroatoms. The number of nitrogens with one attached hydrogen (secondary N) is 1. The molecule has 1 saturated heterocycles. The van der Waals surface area contributed by atoms with Crippen LogP contribution in [-0.2, 0) is 21.4 Å². The van der Waals surface area contributed by atoms with Gasteiger partial charge in [-0.3, -0.25) is 4.79 Å². The predicted molar refractivity (Wildman–Crippen MR) is 108 cm³/mol. The number of thiazole rings is 1. The molecule has 0 spiro atoms. The summed E-state index contributed by atoms with van der Waals surface area (Å²) in [5.41, 5.74) is 1.88. The van der Waals surface area contributed by atoms with Crippen LogP contribution in [0.3, 0.4) is 0 Å². The minimum absolute atomic E-state index is 0.0966. The Balaban J connectivity index is 1.56. The van der Waals surface area contributed by atoms with Gasteiger partial charge in [-0.1, -0.05) is 37.3 Å². The van der Waals surface area contributed by atoms with E-state index in [4.69, 9.17) is 0 Å². The quantitative estimate of drug-likeness (QED) is 0.765. The summed E-state index contributed by atoms with van der Waals surface area (Å²) < 4.78 is 26.0. The summed E-state index contributed by atoms with van der Waals surface area (Å²) >= 11 is 1.55. The molecule has 27 heavy (non-hydrogen) atoms. The topological polar surface area (TPSA) is 79.4 Å². The van der Waals surface area contributed by atoms with E-state index in [2.05, 4.69) is 10.3 Å². The Morgan fingerprint density at radius 2 is 2.11 bits per heavy atom. The molecule has 0 bridgehead atoms. The molecular formula is C19H25N3O3S2. The summed E-state index contributed by atoms with van der Waals surface area (Å²) in [4.78, 5) is 17.1. The van der Waals surface area contributed by atoms with Crippen LogP contribution >= 0.6 is 11.3 Å². The SMILES string of the molecule is CCCS(=O)(=O)N1CCCC(C(=O)NCc2csc(-c3ccccc3)n2)C1. The van der Waals surface area contributed by atoms with E-state index in [-0.39, 0.29) is 24.1 Å². The molecule has 1 amide bonds. The number of nitrogens with zero attached hydrogens (tertiary/aromatic N) is 2. The van der Waals surface area contributed by atoms with Gasteiger partial charge >= 0.3 is 0 Å². The molecule has 0 saturated carbocycles. The highest BCUT2D eigenvalue weighted by Crippen LogP contribution is 2.24. The van der Waals surface area contributed by atoms with Crippen LogP contribution < -0.4 is 5.32 Å². The van der Waals surface area contributed by atoms with Gasteiger partial charge in [0.15, 0.2) is 0 Å². The summed E-state index contributed by atoms with van der Waals surface area (Å²) in [5.74, 6) is -0.249. The lowest BCUT2D eigenvalue weighted by molar-refractivity contribution is -0.126. The number of piperidine rings is 1. The standard InChI is InChI=1S/C19H25N3O3S2/c1-2-11-27(24,25)22-10-6-9-16(13-22)18(23)20-12-17-14-26-19(21-17)15-7-4-3-5-8-15/h3-5,7-8,14,16H,2,6,9-13H2,1H3,(H,20,23). The van der Waals surface area contributed by atoms with Gasteiger partial charge in [0.2, 0.25) is 15.9 Å². The Morgan fingerprint density at radius 3 is 2.85 bits per heavy atom. The average Bonchev–Trinajstić information content (AvgIpc) is 3.16. The molecule has 1 aliphatic rings. The van der Waals surface area contributed by atoms with E-state index in [0.717, 1.165) is 29.1 Å². The summed E-state index contributed by atoms with van der Waals surface area (Å²) in [7, 11) is -3.25. The highest BCUT2D eigenvalue weighted by Gasteiger charge is 2.31. The van der Waals surface area contributed by atoms with Gasteiger partial charge in [0, 0.05) is 24.0 Å². The van der Waals surface area contributed by atoms with Crippen molar-refractivity contribution in [3.63, 3.8) is 0 Å².